The van der Waals surface area contributed by atoms with E-state index in [0.717, 1.165) is 65.6 Å². The maximum absolute atomic E-state index is 6.03. The predicted molar refractivity (Wildman–Crippen MR) is 616 cm³/mol. The number of hydrogen-bond donors (Lipinski definition) is 14. The Kier molecular flexibility index (Phi) is 71.2. The minimum absolute atomic E-state index is 0.00810. The molecular formula is C120H254N14O8. The summed E-state index contributed by atoms with van der Waals surface area (Å²) in [6.07, 6.45) is 54.1. The van der Waals surface area contributed by atoms with E-state index >= 15 is 0 Å². The molecule has 0 aromatic carbocycles. The van der Waals surface area contributed by atoms with Crippen LogP contribution in [0.25, 0.3) is 0 Å². The Balaban J connectivity index is 0.000000769. The Hall–Kier alpha value is -0.880. The predicted octanol–water partition coefficient (Wildman–Crippen LogP) is 25.7. The number of hydrogen-bond acceptors (Lipinski definition) is 22. The summed E-state index contributed by atoms with van der Waals surface area (Å²) >= 11 is 0. The largest absolute Gasteiger partial charge is 0.379 e. The van der Waals surface area contributed by atoms with E-state index in [1.165, 1.54) is 290 Å². The second kappa shape index (κ2) is 72.7. The first-order valence-corrected chi connectivity index (χ1v) is 60.7. The van der Waals surface area contributed by atoms with Gasteiger partial charge in [0.1, 0.15) is 11.4 Å². The lowest BCUT2D eigenvalue weighted by molar-refractivity contribution is -0.129. The van der Waals surface area contributed by atoms with Crippen molar-refractivity contribution in [1.82, 2.24) is 74.4 Å². The van der Waals surface area contributed by atoms with E-state index in [1.54, 1.807) is 0 Å². The summed E-state index contributed by atoms with van der Waals surface area (Å²) in [6, 6.07) is 5.13. The zero-order valence-corrected chi connectivity index (χ0v) is 102. The third-order valence-electron chi connectivity index (χ3n) is 31.6. The highest BCUT2D eigenvalue weighted by Crippen LogP contribution is 2.44. The molecule has 9 aliphatic heterocycles. The van der Waals surface area contributed by atoms with Gasteiger partial charge >= 0.3 is 0 Å². The average molecular weight is 2020 g/mol. The molecule has 0 radical (unpaired) electrons. The van der Waals surface area contributed by atoms with Crippen LogP contribution in [0.15, 0.2) is 0 Å². The number of nitrogens with one attached hydrogen (secondary N) is 14. The molecule has 0 bridgehead atoms. The van der Waals surface area contributed by atoms with E-state index in [0.29, 0.717) is 95.5 Å². The first-order chi connectivity index (χ1) is 66.9. The van der Waals surface area contributed by atoms with Gasteiger partial charge in [-0.25, -0.2) is 0 Å². The summed E-state index contributed by atoms with van der Waals surface area (Å²) in [4.78, 5) is 0. The summed E-state index contributed by atoms with van der Waals surface area (Å²) in [5.74, 6) is 0. The molecule has 14 N–H and O–H groups in total. The molecule has 142 heavy (non-hydrogen) atoms. The van der Waals surface area contributed by atoms with Crippen molar-refractivity contribution in [2.45, 2.75) is 691 Å². The van der Waals surface area contributed by atoms with Gasteiger partial charge in [0, 0.05) is 116 Å². The topological polar surface area (TPSA) is 242 Å². The van der Waals surface area contributed by atoms with Crippen molar-refractivity contribution in [3.05, 3.63) is 0 Å². The molecule has 4 aliphatic carbocycles. The third-order valence-corrected chi connectivity index (χ3v) is 31.6. The molecule has 22 nitrogen and oxygen atoms in total. The van der Waals surface area contributed by atoms with Crippen molar-refractivity contribution in [3.8, 4) is 0 Å². The van der Waals surface area contributed by atoms with Gasteiger partial charge in [0.2, 0.25) is 0 Å². The van der Waals surface area contributed by atoms with E-state index in [9.17, 15) is 0 Å². The van der Waals surface area contributed by atoms with Crippen LogP contribution in [0.3, 0.4) is 0 Å². The normalized spacial score (nSPS) is 29.0. The zero-order chi connectivity index (χ0) is 107. The Labute approximate surface area is 884 Å². The van der Waals surface area contributed by atoms with Crippen LogP contribution in [0.4, 0.5) is 0 Å². The quantitative estimate of drug-likeness (QED) is 0.0274. The van der Waals surface area contributed by atoms with Gasteiger partial charge in [0.05, 0.1) is 77.0 Å². The molecular weight excluding hydrogens is 1770 g/mol. The van der Waals surface area contributed by atoms with E-state index in [1.807, 2.05) is 0 Å². The summed E-state index contributed by atoms with van der Waals surface area (Å²) in [7, 11) is 0. The number of piperidine rings is 1. The van der Waals surface area contributed by atoms with Gasteiger partial charge in [-0.1, -0.05) is 178 Å². The Bertz CT molecular complexity index is 2470. The molecule has 852 valence electrons. The maximum atomic E-state index is 6.03. The van der Waals surface area contributed by atoms with Crippen LogP contribution in [-0.2, 0) is 37.9 Å². The summed E-state index contributed by atoms with van der Waals surface area (Å²) in [5.41, 5.74) is 3.24. The second-order valence-corrected chi connectivity index (χ2v) is 49.0. The van der Waals surface area contributed by atoms with E-state index < -0.39 is 0 Å². The van der Waals surface area contributed by atoms with Crippen LogP contribution < -0.4 is 74.4 Å². The molecule has 13 aliphatic rings. The Morgan fingerprint density at radius 1 is 0.211 bits per heavy atom. The second-order valence-electron chi connectivity index (χ2n) is 49.0. The fourth-order valence-corrected chi connectivity index (χ4v) is 23.6. The van der Waals surface area contributed by atoms with Gasteiger partial charge in [-0.15, -0.1) is 0 Å². The molecule has 0 aromatic rings. The molecule has 0 spiro atoms. The van der Waals surface area contributed by atoms with Crippen molar-refractivity contribution < 1.29 is 37.9 Å². The molecule has 13 rings (SSSR count). The number of rotatable bonds is 39. The molecule has 9 atom stereocenters. The Morgan fingerprint density at radius 3 is 0.648 bits per heavy atom. The monoisotopic (exact) mass is 2020 g/mol. The first-order valence-electron chi connectivity index (χ1n) is 60.7. The van der Waals surface area contributed by atoms with E-state index in [4.69, 9.17) is 37.9 Å². The minimum atomic E-state index is 0.00810. The summed E-state index contributed by atoms with van der Waals surface area (Å²) < 4.78 is 45.7. The van der Waals surface area contributed by atoms with Crippen LogP contribution in [0.2, 0.25) is 0 Å². The lowest BCUT2D eigenvalue weighted by atomic mass is 9.78. The molecule has 22 heteroatoms. The van der Waals surface area contributed by atoms with Crippen LogP contribution in [0.5, 0.6) is 0 Å². The summed E-state index contributed by atoms with van der Waals surface area (Å²) in [5, 5.41) is 49.7. The zero-order valence-electron chi connectivity index (χ0n) is 102. The van der Waals surface area contributed by atoms with Gasteiger partial charge in [-0.3, -0.25) is 42.5 Å². The standard InChI is InChI=1S/C11H22O.C10H22N2.C10H20O.4C9H20N2.4C9H19NO.C9H18O.C8H16O/c1-4-11(12-10(2)3)8-6-5-7-9-11;1-4-10(12-9(2)3)7-5-6-8-11-10;1-4-10(11-9(2)3)7-5-6-8-10;2*1-4-9(11-8(2)3)5-6-10-7-9;2*1-4-9(11-8(2)3)6-5-7-10-9;2*1-4-9(10-8(2)3)5-6-11-7-9;2*1-4-9(10-8(2)3)6-5-7-11-9;1-4-9(6-5-7-9)10-8(2)3;1-4-8(5-6-8)9-7(2)3/h10H,4-9H2,1-3H3;9,11-12H,4-8H2,1-3H3;9H,4-8H2,1-3H3;4*8,10-11H,4-7H2,1-3H3;4*8,10H,4-7H2,1-3H3;8H,4-7H2,1-3H3;7H,4-6H2,1-3H3. The van der Waals surface area contributed by atoms with Gasteiger partial charge < -0.3 is 69.8 Å². The van der Waals surface area contributed by atoms with Crippen molar-refractivity contribution in [3.63, 3.8) is 0 Å². The molecule has 0 aromatic heterocycles. The molecule has 4 saturated carbocycles. The van der Waals surface area contributed by atoms with Crippen molar-refractivity contribution in [2.75, 3.05) is 85.5 Å². The molecule has 13 fully saturated rings. The van der Waals surface area contributed by atoms with Crippen molar-refractivity contribution in [2.24, 2.45) is 0 Å². The molecule has 9 saturated heterocycles. The van der Waals surface area contributed by atoms with Gasteiger partial charge in [-0.2, -0.15) is 0 Å². The van der Waals surface area contributed by atoms with Crippen LogP contribution in [0, 0.1) is 0 Å². The van der Waals surface area contributed by atoms with Gasteiger partial charge in [-0.05, 0) is 395 Å². The van der Waals surface area contributed by atoms with Crippen molar-refractivity contribution >= 4 is 0 Å². The lowest BCUT2D eigenvalue weighted by Gasteiger charge is -2.42. The number of ether oxygens (including phenoxy) is 8. The SMILES string of the molecule is CCC1(NC(C)C)CCCCN1.CCC1(NC(C)C)CCCN1.CCC1(NC(C)C)CCCN1.CCC1(NC(C)C)CCCO1.CCC1(NC(C)C)CCCO1.CCC1(NC(C)C)CCNC1.CCC1(NC(C)C)CCNC1.CCC1(NC(C)C)CCOC1.CCC1(NC(C)C)CCOC1.CCC1(OC(C)C)CC1.CCC1(OC(C)C)CCC1.CCC1(OC(C)C)CCCC1.CCC1(OC(C)C)CCCCC1. The fraction of sp³-hybridized carbons (Fsp3) is 1.00. The highest BCUT2D eigenvalue weighted by molar-refractivity contribution is 5.00. The van der Waals surface area contributed by atoms with Crippen molar-refractivity contribution in [1.29, 1.82) is 0 Å². The molecule has 9 unspecified atom stereocenters. The van der Waals surface area contributed by atoms with E-state index in [-0.39, 0.29) is 56.3 Å². The summed E-state index contributed by atoms with van der Waals surface area (Å²) in [6.45, 7) is 99.2. The van der Waals surface area contributed by atoms with E-state index in [2.05, 4.69) is 344 Å². The molecule has 9 heterocycles. The third kappa shape index (κ3) is 56.3. The Morgan fingerprint density at radius 2 is 0.472 bits per heavy atom. The average Bonchev–Trinajstić information content (AvgIpc) is 1.63. The van der Waals surface area contributed by atoms with Gasteiger partial charge in [0.25, 0.3) is 0 Å². The minimum Gasteiger partial charge on any atom is -0.379 e. The van der Waals surface area contributed by atoms with Gasteiger partial charge in [0.15, 0.2) is 0 Å². The fourth-order valence-electron chi connectivity index (χ4n) is 23.6. The van der Waals surface area contributed by atoms with Crippen LogP contribution in [-0.4, -0.2) is 237 Å². The lowest BCUT2D eigenvalue weighted by Crippen LogP contribution is -2.60. The molecule has 0 amide bonds. The maximum Gasteiger partial charge on any atom is 0.119 e. The smallest absolute Gasteiger partial charge is 0.119 e. The highest BCUT2D eigenvalue weighted by Gasteiger charge is 2.45. The van der Waals surface area contributed by atoms with Crippen LogP contribution >= 0.6 is 0 Å². The highest BCUT2D eigenvalue weighted by atomic mass is 16.5. The van der Waals surface area contributed by atoms with Crippen LogP contribution in [0.1, 0.15) is 540 Å². The first kappa shape index (κ1) is 139.